The minimum Gasteiger partial charge on any atom is -0.497 e. The number of halogens is 1. The van der Waals surface area contributed by atoms with Gasteiger partial charge in [0.1, 0.15) is 22.6 Å². The number of fused-ring (bicyclic) bond motifs is 1. The van der Waals surface area contributed by atoms with Gasteiger partial charge in [-0.15, -0.1) is 10.2 Å². The molecule has 30 heavy (non-hydrogen) atoms. The first-order valence-corrected chi connectivity index (χ1v) is 10.4. The molecular formula is C20H20ClN5O3S. The fourth-order valence-corrected chi connectivity index (χ4v) is 4.57. The van der Waals surface area contributed by atoms with Crippen LogP contribution in [0.3, 0.4) is 0 Å². The molecule has 1 aliphatic rings. The standard InChI is InChI=1S/C20H20ClN5O3S/c1-11-23-24-20-26(11)25-17(12-4-9-16(29-3)15(21)10-12)18(30-20)19(27)22-13-5-7-14(28-2)8-6-13/h4-10,17-18,25H,1-3H3,(H,22,27)/t17-,18-/m0/s1. The van der Waals surface area contributed by atoms with E-state index in [-0.39, 0.29) is 11.9 Å². The lowest BCUT2D eigenvalue weighted by atomic mass is 10.0. The summed E-state index contributed by atoms with van der Waals surface area (Å²) in [6, 6.07) is 12.3. The third kappa shape index (κ3) is 3.90. The lowest BCUT2D eigenvalue weighted by molar-refractivity contribution is -0.116. The first-order valence-electron chi connectivity index (χ1n) is 9.13. The molecule has 2 heterocycles. The molecular weight excluding hydrogens is 426 g/mol. The molecule has 1 aromatic heterocycles. The molecule has 10 heteroatoms. The van der Waals surface area contributed by atoms with E-state index in [0.29, 0.717) is 27.4 Å². The summed E-state index contributed by atoms with van der Waals surface area (Å²) in [5.41, 5.74) is 4.88. The van der Waals surface area contributed by atoms with Crippen LogP contribution in [0.1, 0.15) is 17.4 Å². The van der Waals surface area contributed by atoms with E-state index in [2.05, 4.69) is 20.9 Å². The van der Waals surface area contributed by atoms with E-state index in [4.69, 9.17) is 21.1 Å². The second-order valence-electron chi connectivity index (χ2n) is 6.62. The maximum atomic E-state index is 13.2. The van der Waals surface area contributed by atoms with Crippen LogP contribution in [-0.2, 0) is 4.79 Å². The summed E-state index contributed by atoms with van der Waals surface area (Å²) in [7, 11) is 3.16. The summed E-state index contributed by atoms with van der Waals surface area (Å²) >= 11 is 7.69. The van der Waals surface area contributed by atoms with Crippen molar-refractivity contribution in [3.8, 4) is 11.5 Å². The number of amides is 1. The Hall–Kier alpha value is -2.91. The van der Waals surface area contributed by atoms with Gasteiger partial charge in [0.15, 0.2) is 0 Å². The molecule has 0 spiro atoms. The molecule has 0 saturated heterocycles. The highest BCUT2D eigenvalue weighted by Gasteiger charge is 2.37. The largest absolute Gasteiger partial charge is 0.497 e. The third-order valence-corrected chi connectivity index (χ3v) is 6.26. The van der Waals surface area contributed by atoms with Crippen molar-refractivity contribution in [1.29, 1.82) is 0 Å². The van der Waals surface area contributed by atoms with Crippen LogP contribution in [0, 0.1) is 6.92 Å². The van der Waals surface area contributed by atoms with Gasteiger partial charge in [-0.2, -0.15) is 0 Å². The summed E-state index contributed by atoms with van der Waals surface area (Å²) in [6.45, 7) is 1.85. The second-order valence-corrected chi connectivity index (χ2v) is 8.14. The number of anilines is 1. The molecule has 0 fully saturated rings. The maximum absolute atomic E-state index is 13.2. The number of methoxy groups -OCH3 is 2. The summed E-state index contributed by atoms with van der Waals surface area (Å²) < 4.78 is 12.2. The summed E-state index contributed by atoms with van der Waals surface area (Å²) in [5.74, 6) is 1.83. The van der Waals surface area contributed by atoms with Crippen LogP contribution in [0.25, 0.3) is 0 Å². The number of benzene rings is 2. The number of hydrogen-bond donors (Lipinski definition) is 2. The van der Waals surface area contributed by atoms with Crippen LogP contribution in [-0.4, -0.2) is 40.3 Å². The predicted molar refractivity (Wildman–Crippen MR) is 116 cm³/mol. The Morgan fingerprint density at radius 1 is 1.17 bits per heavy atom. The van der Waals surface area contributed by atoms with Gasteiger partial charge in [0, 0.05) is 5.69 Å². The smallest absolute Gasteiger partial charge is 0.240 e. The average molecular weight is 446 g/mol. The summed E-state index contributed by atoms with van der Waals surface area (Å²) in [4.78, 5) is 13.2. The Labute approximate surface area is 182 Å². The number of ether oxygens (including phenoxy) is 2. The third-order valence-electron chi connectivity index (χ3n) is 4.75. The molecule has 8 nitrogen and oxygen atoms in total. The number of carbonyl (C=O) groups is 1. The normalized spacial score (nSPS) is 17.6. The highest BCUT2D eigenvalue weighted by atomic mass is 35.5. The molecule has 0 saturated carbocycles. The van der Waals surface area contributed by atoms with Crippen molar-refractivity contribution in [3.05, 3.63) is 58.9 Å². The molecule has 156 valence electrons. The number of hydrogen-bond acceptors (Lipinski definition) is 7. The van der Waals surface area contributed by atoms with Crippen molar-refractivity contribution in [3.63, 3.8) is 0 Å². The SMILES string of the molecule is COc1ccc(NC(=O)[C@H]2Sc3nnc(C)n3N[C@H]2c2ccc(OC)c(Cl)c2)cc1. The van der Waals surface area contributed by atoms with Gasteiger partial charge >= 0.3 is 0 Å². The first kappa shape index (κ1) is 20.4. The van der Waals surface area contributed by atoms with E-state index >= 15 is 0 Å². The molecule has 0 unspecified atom stereocenters. The first-order chi connectivity index (χ1) is 14.5. The number of nitrogens with one attached hydrogen (secondary N) is 2. The van der Waals surface area contributed by atoms with E-state index < -0.39 is 5.25 Å². The highest BCUT2D eigenvalue weighted by molar-refractivity contribution is 8.00. The van der Waals surface area contributed by atoms with Crippen LogP contribution in [0.4, 0.5) is 5.69 Å². The Morgan fingerprint density at radius 2 is 1.93 bits per heavy atom. The van der Waals surface area contributed by atoms with Crippen molar-refractivity contribution in [1.82, 2.24) is 14.9 Å². The molecule has 1 aliphatic heterocycles. The van der Waals surface area contributed by atoms with E-state index in [9.17, 15) is 4.79 Å². The van der Waals surface area contributed by atoms with Crippen LogP contribution in [0.15, 0.2) is 47.6 Å². The number of rotatable bonds is 5. The van der Waals surface area contributed by atoms with E-state index in [1.807, 2.05) is 13.0 Å². The fraction of sp³-hybridized carbons (Fsp3) is 0.250. The fourth-order valence-electron chi connectivity index (χ4n) is 3.17. The molecule has 0 radical (unpaired) electrons. The van der Waals surface area contributed by atoms with Crippen molar-refractivity contribution in [2.75, 3.05) is 25.0 Å². The zero-order chi connectivity index (χ0) is 21.3. The Morgan fingerprint density at radius 3 is 2.60 bits per heavy atom. The summed E-state index contributed by atoms with van der Waals surface area (Å²) in [6.07, 6.45) is 0. The lowest BCUT2D eigenvalue weighted by Gasteiger charge is -2.33. The Kier molecular flexibility index (Phi) is 5.74. The van der Waals surface area contributed by atoms with Gasteiger partial charge in [-0.25, -0.2) is 4.68 Å². The van der Waals surface area contributed by atoms with Gasteiger partial charge in [0.05, 0.1) is 25.3 Å². The minimum absolute atomic E-state index is 0.165. The molecule has 0 aliphatic carbocycles. The van der Waals surface area contributed by atoms with Crippen molar-refractivity contribution in [2.45, 2.75) is 23.4 Å². The van der Waals surface area contributed by atoms with Gasteiger partial charge in [0.2, 0.25) is 11.1 Å². The van der Waals surface area contributed by atoms with Gasteiger partial charge in [0.25, 0.3) is 0 Å². The average Bonchev–Trinajstić information content (AvgIpc) is 3.13. The number of carbonyl (C=O) groups excluding carboxylic acids is 1. The van der Waals surface area contributed by atoms with E-state index in [0.717, 1.165) is 11.3 Å². The molecule has 2 N–H and O–H groups in total. The van der Waals surface area contributed by atoms with Gasteiger partial charge in [-0.1, -0.05) is 29.4 Å². The number of nitrogens with zero attached hydrogens (tertiary/aromatic N) is 3. The zero-order valence-electron chi connectivity index (χ0n) is 16.5. The van der Waals surface area contributed by atoms with Gasteiger partial charge in [-0.05, 0) is 48.9 Å². The molecule has 2 aromatic carbocycles. The van der Waals surface area contributed by atoms with Crippen LogP contribution >= 0.6 is 23.4 Å². The number of aryl methyl sites for hydroxylation is 1. The van der Waals surface area contributed by atoms with Crippen molar-refractivity contribution in [2.24, 2.45) is 0 Å². The van der Waals surface area contributed by atoms with Crippen LogP contribution < -0.4 is 20.2 Å². The highest BCUT2D eigenvalue weighted by Crippen LogP contribution is 2.39. The second kappa shape index (κ2) is 8.45. The van der Waals surface area contributed by atoms with Crippen LogP contribution in [0.5, 0.6) is 11.5 Å². The van der Waals surface area contributed by atoms with Gasteiger partial charge in [-0.3, -0.25) is 4.79 Å². The van der Waals surface area contributed by atoms with Gasteiger partial charge < -0.3 is 20.2 Å². The van der Waals surface area contributed by atoms with Crippen LogP contribution in [0.2, 0.25) is 5.02 Å². The zero-order valence-corrected chi connectivity index (χ0v) is 18.1. The molecule has 0 bridgehead atoms. The minimum atomic E-state index is -0.507. The van der Waals surface area contributed by atoms with Crippen molar-refractivity contribution >= 4 is 35.0 Å². The van der Waals surface area contributed by atoms with Crippen molar-refractivity contribution < 1.29 is 14.3 Å². The summed E-state index contributed by atoms with van der Waals surface area (Å²) in [5, 5.41) is 11.8. The number of thioether (sulfide) groups is 1. The molecule has 1 amide bonds. The maximum Gasteiger partial charge on any atom is 0.240 e. The molecule has 4 rings (SSSR count). The quantitative estimate of drug-likeness (QED) is 0.619. The van der Waals surface area contributed by atoms with E-state index in [1.54, 1.807) is 55.3 Å². The Balaban J connectivity index is 1.65. The van der Waals surface area contributed by atoms with E-state index in [1.165, 1.54) is 11.8 Å². The topological polar surface area (TPSA) is 90.3 Å². The number of aromatic nitrogens is 3. The molecule has 2 atom stereocenters. The molecule has 3 aromatic rings. The monoisotopic (exact) mass is 445 g/mol. The lowest BCUT2D eigenvalue weighted by Crippen LogP contribution is -2.41. The Bertz CT molecular complexity index is 1070. The predicted octanol–water partition coefficient (Wildman–Crippen LogP) is 3.65.